The minimum Gasteiger partial charge on any atom is -0.480 e. The highest BCUT2D eigenvalue weighted by molar-refractivity contribution is 7.80. The van der Waals surface area contributed by atoms with Gasteiger partial charge in [-0.05, 0) is 42.0 Å². The third-order valence-electron chi connectivity index (χ3n) is 7.32. The van der Waals surface area contributed by atoms with E-state index < -0.39 is 47.9 Å². The van der Waals surface area contributed by atoms with E-state index in [2.05, 4.69) is 38.5 Å². The first-order chi connectivity index (χ1) is 20.6. The number of nitrogens with one attached hydrogen (secondary N) is 5. The molecule has 0 saturated carbocycles. The molecular formula is C31H38N6O5S. The van der Waals surface area contributed by atoms with Crippen LogP contribution in [0.5, 0.6) is 0 Å². The van der Waals surface area contributed by atoms with Crippen molar-refractivity contribution in [2.24, 2.45) is 11.7 Å². The van der Waals surface area contributed by atoms with Crippen molar-refractivity contribution in [2.45, 2.75) is 57.3 Å². The van der Waals surface area contributed by atoms with Crippen molar-refractivity contribution < 1.29 is 24.3 Å². The number of rotatable bonds is 14. The highest BCUT2D eigenvalue weighted by Crippen LogP contribution is 2.20. The number of nitrogens with two attached hydrogens (primary N) is 1. The van der Waals surface area contributed by atoms with Crippen LogP contribution in [0.2, 0.25) is 0 Å². The molecule has 3 amide bonds. The van der Waals surface area contributed by atoms with Crippen LogP contribution >= 0.6 is 12.6 Å². The van der Waals surface area contributed by atoms with Crippen LogP contribution in [0.15, 0.2) is 60.9 Å². The van der Waals surface area contributed by atoms with Gasteiger partial charge < -0.3 is 36.8 Å². The maximum atomic E-state index is 13.6. The number of aromatic nitrogens is 2. The second kappa shape index (κ2) is 14.3. The first-order valence-electron chi connectivity index (χ1n) is 14.2. The molecule has 4 aromatic rings. The number of carbonyl (C=O) groups is 4. The zero-order chi connectivity index (χ0) is 31.1. The number of carbonyl (C=O) groups excluding carboxylic acids is 3. The van der Waals surface area contributed by atoms with Gasteiger partial charge in [-0.15, -0.1) is 0 Å². The number of aromatic amines is 2. The highest BCUT2D eigenvalue weighted by atomic mass is 32.1. The van der Waals surface area contributed by atoms with Gasteiger partial charge in [-0.1, -0.05) is 50.2 Å². The van der Waals surface area contributed by atoms with Gasteiger partial charge in [0, 0.05) is 46.4 Å². The number of amides is 3. The van der Waals surface area contributed by atoms with Crippen LogP contribution < -0.4 is 21.7 Å². The average molecular weight is 607 g/mol. The van der Waals surface area contributed by atoms with Gasteiger partial charge in [-0.2, -0.15) is 12.6 Å². The Hall–Kier alpha value is -4.29. The Morgan fingerprint density at radius 3 is 1.79 bits per heavy atom. The van der Waals surface area contributed by atoms with Crippen LogP contribution in [-0.4, -0.2) is 68.7 Å². The molecule has 0 radical (unpaired) electrons. The van der Waals surface area contributed by atoms with Crippen LogP contribution in [0.1, 0.15) is 31.4 Å². The smallest absolute Gasteiger partial charge is 0.327 e. The Kier molecular flexibility index (Phi) is 10.5. The SMILES string of the molecule is CC(C)CC(NC(=O)C(N)Cc1c[nH]c2ccccc12)C(=O)NC(Cc1c[nH]c2ccccc12)C(=O)NC(CS)C(=O)O. The standard InChI is InChI=1S/C31H38N6O5S/c1-17(2)11-25(35-28(38)22(32)12-18-14-33-23-9-5-3-7-20(18)23)29(39)36-26(30(40)37-27(16-43)31(41)42)13-19-15-34-24-10-6-4-8-21(19)24/h3-10,14-15,17,22,25-27,33-34,43H,11-13,16,32H2,1-2H3,(H,35,38)(H,36,39)(H,37,40)(H,41,42). The molecule has 43 heavy (non-hydrogen) atoms. The lowest BCUT2D eigenvalue weighted by atomic mass is 9.99. The normalized spacial score (nSPS) is 14.3. The largest absolute Gasteiger partial charge is 0.480 e. The molecule has 0 aliphatic carbocycles. The van der Waals surface area contributed by atoms with Crippen LogP contribution in [0.25, 0.3) is 21.8 Å². The molecule has 0 aliphatic rings. The molecule has 11 nitrogen and oxygen atoms in total. The van der Waals surface area contributed by atoms with E-state index in [1.807, 2.05) is 68.6 Å². The molecule has 0 saturated heterocycles. The summed E-state index contributed by atoms with van der Waals surface area (Å²) in [6.07, 6.45) is 4.22. The maximum absolute atomic E-state index is 13.6. The molecule has 8 N–H and O–H groups in total. The third kappa shape index (κ3) is 7.96. The maximum Gasteiger partial charge on any atom is 0.327 e. The Morgan fingerprint density at radius 1 is 0.767 bits per heavy atom. The number of hydrogen-bond donors (Lipinski definition) is 8. The van der Waals surface area contributed by atoms with Crippen LogP contribution in [0.4, 0.5) is 0 Å². The van der Waals surface area contributed by atoms with Crippen LogP contribution in [0.3, 0.4) is 0 Å². The van der Waals surface area contributed by atoms with E-state index in [9.17, 15) is 24.3 Å². The molecule has 0 bridgehead atoms. The molecule has 4 atom stereocenters. The zero-order valence-corrected chi connectivity index (χ0v) is 25.0. The number of aliphatic carboxylic acids is 1. The topological polar surface area (TPSA) is 182 Å². The van der Waals surface area contributed by atoms with Gasteiger partial charge in [0.1, 0.15) is 18.1 Å². The third-order valence-corrected chi connectivity index (χ3v) is 7.69. The zero-order valence-electron chi connectivity index (χ0n) is 24.1. The first kappa shape index (κ1) is 31.6. The number of hydrogen-bond acceptors (Lipinski definition) is 6. The van der Waals surface area contributed by atoms with E-state index in [0.29, 0.717) is 6.42 Å². The van der Waals surface area contributed by atoms with E-state index in [1.165, 1.54) is 0 Å². The van der Waals surface area contributed by atoms with E-state index >= 15 is 0 Å². The number of thiol groups is 1. The van der Waals surface area contributed by atoms with Crippen molar-refractivity contribution in [3.8, 4) is 0 Å². The average Bonchev–Trinajstić information content (AvgIpc) is 3.58. The van der Waals surface area contributed by atoms with Crippen molar-refractivity contribution in [2.75, 3.05) is 5.75 Å². The summed E-state index contributed by atoms with van der Waals surface area (Å²) in [6, 6.07) is 11.0. The Morgan fingerprint density at radius 2 is 1.26 bits per heavy atom. The van der Waals surface area contributed by atoms with Gasteiger partial charge in [0.25, 0.3) is 0 Å². The van der Waals surface area contributed by atoms with Crippen molar-refractivity contribution in [1.82, 2.24) is 25.9 Å². The minimum atomic E-state index is -1.24. The lowest BCUT2D eigenvalue weighted by Gasteiger charge is -2.26. The monoisotopic (exact) mass is 606 g/mol. The van der Waals surface area contributed by atoms with E-state index in [0.717, 1.165) is 32.9 Å². The van der Waals surface area contributed by atoms with Crippen LogP contribution in [0, 0.1) is 5.92 Å². The summed E-state index contributed by atoms with van der Waals surface area (Å²) >= 11 is 4.03. The molecule has 4 rings (SSSR count). The predicted molar refractivity (Wildman–Crippen MR) is 169 cm³/mol. The van der Waals surface area contributed by atoms with Gasteiger partial charge in [0.05, 0.1) is 6.04 Å². The summed E-state index contributed by atoms with van der Waals surface area (Å²) < 4.78 is 0. The van der Waals surface area contributed by atoms with E-state index in [-0.39, 0.29) is 24.5 Å². The minimum absolute atomic E-state index is 0.0300. The summed E-state index contributed by atoms with van der Waals surface area (Å²) in [5, 5.41) is 19.3. The predicted octanol–water partition coefficient (Wildman–Crippen LogP) is 2.28. The Labute approximate surface area is 254 Å². The quantitative estimate of drug-likeness (QED) is 0.102. The van der Waals surface area contributed by atoms with Gasteiger partial charge >= 0.3 is 5.97 Å². The molecule has 2 heterocycles. The number of fused-ring (bicyclic) bond motifs is 2. The number of carboxylic acid groups (broad SMARTS) is 1. The Bertz CT molecular complexity index is 1600. The lowest BCUT2D eigenvalue weighted by Crippen LogP contribution is -2.58. The van der Waals surface area contributed by atoms with Gasteiger partial charge in [0.2, 0.25) is 17.7 Å². The molecule has 4 unspecified atom stereocenters. The summed E-state index contributed by atoms with van der Waals surface area (Å²) in [5.74, 6) is -3.08. The highest BCUT2D eigenvalue weighted by Gasteiger charge is 2.31. The first-order valence-corrected chi connectivity index (χ1v) is 14.8. The van der Waals surface area contributed by atoms with E-state index in [1.54, 1.807) is 6.20 Å². The fourth-order valence-corrected chi connectivity index (χ4v) is 5.32. The van der Waals surface area contributed by atoms with Crippen LogP contribution in [-0.2, 0) is 32.0 Å². The van der Waals surface area contributed by atoms with Crippen molar-refractivity contribution in [1.29, 1.82) is 0 Å². The van der Waals surface area contributed by atoms with Crippen molar-refractivity contribution >= 4 is 58.1 Å². The molecule has 12 heteroatoms. The second-order valence-corrected chi connectivity index (χ2v) is 11.4. The molecule has 0 fully saturated rings. The van der Waals surface area contributed by atoms with Crippen molar-refractivity contribution in [3.63, 3.8) is 0 Å². The number of benzene rings is 2. The van der Waals surface area contributed by atoms with Crippen molar-refractivity contribution in [3.05, 3.63) is 72.1 Å². The molecule has 0 aliphatic heterocycles. The van der Waals surface area contributed by atoms with Gasteiger partial charge in [-0.25, -0.2) is 4.79 Å². The molecule has 2 aromatic heterocycles. The lowest BCUT2D eigenvalue weighted by molar-refractivity contribution is -0.141. The summed E-state index contributed by atoms with van der Waals surface area (Å²) in [6.45, 7) is 3.83. The molecule has 2 aromatic carbocycles. The second-order valence-electron chi connectivity index (χ2n) is 11.1. The van der Waals surface area contributed by atoms with Gasteiger partial charge in [0.15, 0.2) is 0 Å². The fourth-order valence-electron chi connectivity index (χ4n) is 5.07. The number of carboxylic acids is 1. The summed E-state index contributed by atoms with van der Waals surface area (Å²) in [4.78, 5) is 58.1. The Balaban J connectivity index is 1.51. The molecule has 0 spiro atoms. The fraction of sp³-hybridized carbons (Fsp3) is 0.355. The van der Waals surface area contributed by atoms with Gasteiger partial charge in [-0.3, -0.25) is 14.4 Å². The number of H-pyrrole nitrogens is 2. The van der Waals surface area contributed by atoms with E-state index in [4.69, 9.17) is 5.73 Å². The molecule has 228 valence electrons. The summed E-state index contributed by atoms with van der Waals surface area (Å²) in [7, 11) is 0. The molecular weight excluding hydrogens is 568 g/mol. The summed E-state index contributed by atoms with van der Waals surface area (Å²) in [5.41, 5.74) is 9.72. The number of para-hydroxylation sites is 2.